The van der Waals surface area contributed by atoms with Gasteiger partial charge in [0.1, 0.15) is 0 Å². The van der Waals surface area contributed by atoms with Gasteiger partial charge in [-0.3, -0.25) is 9.59 Å². The molecule has 7 nitrogen and oxygen atoms in total. The third kappa shape index (κ3) is 8.12. The number of guanidine groups is 1. The van der Waals surface area contributed by atoms with Crippen LogP contribution >= 0.6 is 0 Å². The number of aliphatic imine (C=N–C) groups is 1. The van der Waals surface area contributed by atoms with Crippen LogP contribution < -0.4 is 16.0 Å². The Morgan fingerprint density at radius 3 is 2.13 bits per heavy atom. The largest absolute Gasteiger partial charge is 0.357 e. The lowest BCUT2D eigenvalue weighted by molar-refractivity contribution is -0.116. The standard InChI is InChI=1S/C24H33N5O2/c1-5-7-22(30)28-21-14-10-19(11-15-21)17-27-24(25-6-2)26-16-18-8-12-20(13-9-18)23(31)29(3)4/h8-15H,5-7,16-17H2,1-4H3,(H,28,30)(H2,25,26,27). The fraction of sp³-hybridized carbons (Fsp3) is 0.375. The number of carbonyl (C=O) groups excluding carboxylic acids is 2. The molecule has 0 unspecified atom stereocenters. The highest BCUT2D eigenvalue weighted by Gasteiger charge is 2.07. The summed E-state index contributed by atoms with van der Waals surface area (Å²) < 4.78 is 0. The third-order valence-electron chi connectivity index (χ3n) is 4.55. The molecule has 0 fully saturated rings. The molecule has 0 bridgehead atoms. The molecule has 2 aromatic carbocycles. The number of rotatable bonds is 9. The van der Waals surface area contributed by atoms with Crippen LogP contribution in [0.2, 0.25) is 0 Å². The third-order valence-corrected chi connectivity index (χ3v) is 4.55. The number of amides is 2. The van der Waals surface area contributed by atoms with Crippen molar-refractivity contribution in [2.45, 2.75) is 39.8 Å². The molecule has 0 saturated carbocycles. The van der Waals surface area contributed by atoms with Gasteiger partial charge in [0.05, 0.1) is 6.54 Å². The minimum absolute atomic E-state index is 0.00893. The zero-order chi connectivity index (χ0) is 22.6. The van der Waals surface area contributed by atoms with Crippen LogP contribution in [0.4, 0.5) is 5.69 Å². The fourth-order valence-corrected chi connectivity index (χ4v) is 2.87. The molecule has 3 N–H and O–H groups in total. The summed E-state index contributed by atoms with van der Waals surface area (Å²) >= 11 is 0. The van der Waals surface area contributed by atoms with Gasteiger partial charge >= 0.3 is 0 Å². The first-order valence-electron chi connectivity index (χ1n) is 10.6. The molecule has 0 atom stereocenters. The van der Waals surface area contributed by atoms with Crippen molar-refractivity contribution >= 4 is 23.5 Å². The maximum atomic E-state index is 12.0. The van der Waals surface area contributed by atoms with Gasteiger partial charge in [-0.1, -0.05) is 31.2 Å². The minimum atomic E-state index is -0.00893. The number of hydrogen-bond donors (Lipinski definition) is 3. The first kappa shape index (κ1) is 23.9. The SMILES string of the molecule is CCCC(=O)Nc1ccc(CN=C(NCC)NCc2ccc(C(=O)N(C)C)cc2)cc1. The van der Waals surface area contributed by atoms with Crippen molar-refractivity contribution in [3.63, 3.8) is 0 Å². The lowest BCUT2D eigenvalue weighted by Gasteiger charge is -2.13. The Morgan fingerprint density at radius 1 is 0.903 bits per heavy atom. The number of carbonyl (C=O) groups is 2. The second kappa shape index (κ2) is 12.4. The summed E-state index contributed by atoms with van der Waals surface area (Å²) in [6.07, 6.45) is 1.36. The first-order valence-corrected chi connectivity index (χ1v) is 10.6. The second-order valence-corrected chi connectivity index (χ2v) is 7.44. The Hall–Kier alpha value is -3.35. The van der Waals surface area contributed by atoms with Gasteiger partial charge in [-0.15, -0.1) is 0 Å². The van der Waals surface area contributed by atoms with E-state index in [1.807, 2.05) is 62.4 Å². The molecule has 31 heavy (non-hydrogen) atoms. The summed E-state index contributed by atoms with van der Waals surface area (Å²) in [6.45, 7) is 5.88. The molecule has 0 radical (unpaired) electrons. The Bertz CT molecular complexity index is 874. The topological polar surface area (TPSA) is 85.8 Å². The monoisotopic (exact) mass is 423 g/mol. The van der Waals surface area contributed by atoms with Gasteiger partial charge in [0.25, 0.3) is 5.91 Å². The van der Waals surface area contributed by atoms with Crippen LogP contribution in [-0.4, -0.2) is 43.3 Å². The highest BCUT2D eigenvalue weighted by Crippen LogP contribution is 2.11. The molecule has 0 saturated heterocycles. The summed E-state index contributed by atoms with van der Waals surface area (Å²) in [6, 6.07) is 15.3. The van der Waals surface area contributed by atoms with Crippen LogP contribution in [0.25, 0.3) is 0 Å². The summed E-state index contributed by atoms with van der Waals surface area (Å²) in [7, 11) is 3.49. The lowest BCUT2D eigenvalue weighted by Crippen LogP contribution is -2.36. The van der Waals surface area contributed by atoms with E-state index in [4.69, 9.17) is 0 Å². The molecule has 7 heteroatoms. The fourth-order valence-electron chi connectivity index (χ4n) is 2.87. The molecular weight excluding hydrogens is 390 g/mol. The van der Waals surface area contributed by atoms with E-state index in [2.05, 4.69) is 20.9 Å². The number of nitrogens with one attached hydrogen (secondary N) is 3. The number of nitrogens with zero attached hydrogens (tertiary/aromatic N) is 2. The van der Waals surface area contributed by atoms with Crippen LogP contribution in [0, 0.1) is 0 Å². The molecule has 0 aliphatic heterocycles. The van der Waals surface area contributed by atoms with Crippen molar-refractivity contribution < 1.29 is 9.59 Å². The van der Waals surface area contributed by atoms with Gasteiger partial charge in [0.2, 0.25) is 5.91 Å². The maximum absolute atomic E-state index is 12.0. The molecule has 0 spiro atoms. The van der Waals surface area contributed by atoms with E-state index in [1.165, 1.54) is 0 Å². The van der Waals surface area contributed by atoms with E-state index in [0.717, 1.165) is 35.7 Å². The molecule has 2 rings (SSSR count). The van der Waals surface area contributed by atoms with E-state index in [-0.39, 0.29) is 11.8 Å². The molecule has 0 aliphatic rings. The van der Waals surface area contributed by atoms with E-state index < -0.39 is 0 Å². The number of anilines is 1. The Balaban J connectivity index is 1.93. The van der Waals surface area contributed by atoms with Gasteiger partial charge in [0.15, 0.2) is 5.96 Å². The van der Waals surface area contributed by atoms with E-state index in [1.54, 1.807) is 19.0 Å². The molecule has 0 aromatic heterocycles. The summed E-state index contributed by atoms with van der Waals surface area (Å²) in [4.78, 5) is 29.9. The molecule has 0 aliphatic carbocycles. The first-order chi connectivity index (χ1) is 14.9. The summed E-state index contributed by atoms with van der Waals surface area (Å²) in [5, 5.41) is 9.44. The highest BCUT2D eigenvalue weighted by atomic mass is 16.2. The van der Waals surface area contributed by atoms with Gasteiger partial charge in [-0.2, -0.15) is 0 Å². The normalized spacial score (nSPS) is 11.0. The summed E-state index contributed by atoms with van der Waals surface area (Å²) in [5.41, 5.74) is 3.58. The Kier molecular flexibility index (Phi) is 9.55. The van der Waals surface area contributed by atoms with Gasteiger partial charge in [-0.25, -0.2) is 4.99 Å². The average molecular weight is 424 g/mol. The van der Waals surface area contributed by atoms with Crippen LogP contribution in [-0.2, 0) is 17.9 Å². The molecule has 166 valence electrons. The van der Waals surface area contributed by atoms with Crippen molar-refractivity contribution in [3.8, 4) is 0 Å². The smallest absolute Gasteiger partial charge is 0.253 e. The van der Waals surface area contributed by atoms with E-state index >= 15 is 0 Å². The molecule has 0 heterocycles. The summed E-state index contributed by atoms with van der Waals surface area (Å²) in [5.74, 6) is 0.743. The van der Waals surface area contributed by atoms with Crippen LogP contribution in [0.3, 0.4) is 0 Å². The molecule has 2 amide bonds. The van der Waals surface area contributed by atoms with E-state index in [0.29, 0.717) is 25.1 Å². The van der Waals surface area contributed by atoms with Crippen LogP contribution in [0.15, 0.2) is 53.5 Å². The van der Waals surface area contributed by atoms with Crippen LogP contribution in [0.1, 0.15) is 48.2 Å². The van der Waals surface area contributed by atoms with Crippen molar-refractivity contribution in [2.24, 2.45) is 4.99 Å². The number of hydrogen-bond acceptors (Lipinski definition) is 3. The highest BCUT2D eigenvalue weighted by molar-refractivity contribution is 5.93. The predicted octanol–water partition coefficient (Wildman–Crippen LogP) is 3.38. The molecule has 2 aromatic rings. The van der Waals surface area contributed by atoms with E-state index in [9.17, 15) is 9.59 Å². The zero-order valence-corrected chi connectivity index (χ0v) is 18.9. The van der Waals surface area contributed by atoms with Crippen molar-refractivity contribution in [3.05, 3.63) is 65.2 Å². The second-order valence-electron chi connectivity index (χ2n) is 7.44. The number of benzene rings is 2. The zero-order valence-electron chi connectivity index (χ0n) is 18.9. The van der Waals surface area contributed by atoms with Gasteiger partial charge < -0.3 is 20.9 Å². The average Bonchev–Trinajstić information content (AvgIpc) is 2.76. The van der Waals surface area contributed by atoms with Crippen LogP contribution in [0.5, 0.6) is 0 Å². The predicted molar refractivity (Wildman–Crippen MR) is 126 cm³/mol. The lowest BCUT2D eigenvalue weighted by atomic mass is 10.1. The Morgan fingerprint density at radius 2 is 1.55 bits per heavy atom. The van der Waals surface area contributed by atoms with Gasteiger partial charge in [-0.05, 0) is 48.7 Å². The van der Waals surface area contributed by atoms with Gasteiger partial charge in [0, 0.05) is 44.9 Å². The van der Waals surface area contributed by atoms with Crippen molar-refractivity contribution in [2.75, 3.05) is 26.0 Å². The van der Waals surface area contributed by atoms with Crippen molar-refractivity contribution in [1.82, 2.24) is 15.5 Å². The minimum Gasteiger partial charge on any atom is -0.357 e. The maximum Gasteiger partial charge on any atom is 0.253 e. The Labute approximate surface area is 184 Å². The molecular formula is C24H33N5O2. The quantitative estimate of drug-likeness (QED) is 0.426. The van der Waals surface area contributed by atoms with Crippen molar-refractivity contribution in [1.29, 1.82) is 0 Å².